The summed E-state index contributed by atoms with van der Waals surface area (Å²) >= 11 is 0. The highest BCUT2D eigenvalue weighted by Crippen LogP contribution is 2.37. The van der Waals surface area contributed by atoms with Crippen molar-refractivity contribution in [3.05, 3.63) is 23.9 Å². The van der Waals surface area contributed by atoms with Gasteiger partial charge in [0.05, 0.1) is 5.56 Å². The number of nitrogens with zero attached hydrogens (tertiary/aromatic N) is 5. The van der Waals surface area contributed by atoms with Crippen molar-refractivity contribution in [2.75, 3.05) is 31.1 Å². The Kier molecular flexibility index (Phi) is 5.69. The van der Waals surface area contributed by atoms with Gasteiger partial charge in [0.15, 0.2) is 5.66 Å². The van der Waals surface area contributed by atoms with E-state index in [-0.39, 0.29) is 5.91 Å². The first kappa shape index (κ1) is 18.8. The molecule has 0 aliphatic carbocycles. The third-order valence-corrected chi connectivity index (χ3v) is 4.99. The molecule has 2 N–H and O–H groups in total. The standard InChI is InChI=1S/C19H24N6O2/c1-2-3-8-19(22-23-19)9-7-16(26)24-11-5-12-25(14-13-24)18-15(17(20)27)6-4-10-21-18/h1,4,6,10H,3,5,7-9,11-14H2,(H2,20,27). The van der Waals surface area contributed by atoms with Crippen LogP contribution in [0, 0.1) is 12.3 Å². The number of pyridine rings is 1. The fourth-order valence-corrected chi connectivity index (χ4v) is 3.35. The maximum absolute atomic E-state index is 12.6. The van der Waals surface area contributed by atoms with Crippen molar-refractivity contribution in [3.63, 3.8) is 0 Å². The number of hydrogen-bond acceptors (Lipinski definition) is 6. The maximum Gasteiger partial charge on any atom is 0.252 e. The summed E-state index contributed by atoms with van der Waals surface area (Å²) in [7, 11) is 0. The Labute approximate surface area is 158 Å². The molecular formula is C19H24N6O2. The molecule has 0 spiro atoms. The first-order chi connectivity index (χ1) is 13.0. The van der Waals surface area contributed by atoms with E-state index in [1.54, 1.807) is 18.3 Å². The molecule has 2 aliphatic heterocycles. The Morgan fingerprint density at radius 1 is 1.22 bits per heavy atom. The molecule has 1 saturated heterocycles. The van der Waals surface area contributed by atoms with E-state index in [1.807, 2.05) is 9.80 Å². The van der Waals surface area contributed by atoms with Gasteiger partial charge in [0.1, 0.15) is 5.82 Å². The SMILES string of the molecule is C#CCCC1(CCC(=O)N2CCCN(c3ncccc3C(N)=O)CC2)N=N1. The van der Waals surface area contributed by atoms with Gasteiger partial charge in [-0.3, -0.25) is 9.59 Å². The number of aromatic nitrogens is 1. The molecule has 3 rings (SSSR count). The van der Waals surface area contributed by atoms with Crippen LogP contribution in [0.1, 0.15) is 42.5 Å². The van der Waals surface area contributed by atoms with Crippen molar-refractivity contribution in [2.24, 2.45) is 16.0 Å². The number of rotatable bonds is 7. The second-order valence-corrected chi connectivity index (χ2v) is 6.85. The van der Waals surface area contributed by atoms with Gasteiger partial charge in [0.25, 0.3) is 5.91 Å². The van der Waals surface area contributed by atoms with Crippen LogP contribution in [-0.4, -0.2) is 53.5 Å². The second kappa shape index (κ2) is 8.16. The fourth-order valence-electron chi connectivity index (χ4n) is 3.35. The molecule has 27 heavy (non-hydrogen) atoms. The third-order valence-electron chi connectivity index (χ3n) is 4.99. The van der Waals surface area contributed by atoms with Crippen LogP contribution >= 0.6 is 0 Å². The lowest BCUT2D eigenvalue weighted by Gasteiger charge is -2.24. The first-order valence-electron chi connectivity index (χ1n) is 9.20. The summed E-state index contributed by atoms with van der Waals surface area (Å²) in [4.78, 5) is 32.5. The smallest absolute Gasteiger partial charge is 0.252 e. The van der Waals surface area contributed by atoms with E-state index in [1.165, 1.54) is 0 Å². The largest absolute Gasteiger partial charge is 0.365 e. The minimum absolute atomic E-state index is 0.102. The molecular weight excluding hydrogens is 344 g/mol. The first-order valence-corrected chi connectivity index (χ1v) is 9.20. The zero-order chi connectivity index (χ0) is 19.3. The molecule has 0 atom stereocenters. The Hall–Kier alpha value is -2.95. The predicted octanol–water partition coefficient (Wildman–Crippen LogP) is 1.57. The zero-order valence-corrected chi connectivity index (χ0v) is 15.3. The summed E-state index contributed by atoms with van der Waals surface area (Å²) in [6.07, 6.45) is 10.1. The number of hydrogen-bond donors (Lipinski definition) is 1. The molecule has 1 aromatic heterocycles. The molecule has 0 radical (unpaired) electrons. The fraction of sp³-hybridized carbons (Fsp3) is 0.526. The molecule has 0 saturated carbocycles. The summed E-state index contributed by atoms with van der Waals surface area (Å²) in [6.45, 7) is 2.59. The van der Waals surface area contributed by atoms with Gasteiger partial charge < -0.3 is 15.5 Å². The lowest BCUT2D eigenvalue weighted by molar-refractivity contribution is -0.131. The molecule has 8 heteroatoms. The van der Waals surface area contributed by atoms with E-state index in [2.05, 4.69) is 21.1 Å². The molecule has 2 amide bonds. The van der Waals surface area contributed by atoms with E-state index >= 15 is 0 Å². The van der Waals surface area contributed by atoms with Gasteiger partial charge in [-0.05, 0) is 18.6 Å². The van der Waals surface area contributed by atoms with Crippen LogP contribution in [0.4, 0.5) is 5.82 Å². The van der Waals surface area contributed by atoms with Gasteiger partial charge in [0, 0.05) is 58.1 Å². The minimum Gasteiger partial charge on any atom is -0.365 e. The molecule has 0 unspecified atom stereocenters. The normalized spacial score (nSPS) is 17.9. The topological polar surface area (TPSA) is 104 Å². The van der Waals surface area contributed by atoms with Gasteiger partial charge in [0.2, 0.25) is 5.91 Å². The maximum atomic E-state index is 12.6. The molecule has 142 valence electrons. The summed E-state index contributed by atoms with van der Waals surface area (Å²) in [6, 6.07) is 3.37. The number of carbonyl (C=O) groups excluding carboxylic acids is 2. The van der Waals surface area contributed by atoms with E-state index in [0.717, 1.165) is 13.0 Å². The van der Waals surface area contributed by atoms with Gasteiger partial charge in [-0.1, -0.05) is 0 Å². The van der Waals surface area contributed by atoms with Crippen LogP contribution in [-0.2, 0) is 4.79 Å². The van der Waals surface area contributed by atoms with Crippen LogP contribution in [0.2, 0.25) is 0 Å². The summed E-state index contributed by atoms with van der Waals surface area (Å²) in [5.41, 5.74) is 5.44. The molecule has 2 aliphatic rings. The molecule has 3 heterocycles. The summed E-state index contributed by atoms with van der Waals surface area (Å²) < 4.78 is 0. The number of primary amides is 1. The number of terminal acetylenes is 1. The average Bonchev–Trinajstić information content (AvgIpc) is 3.48. The second-order valence-electron chi connectivity index (χ2n) is 6.85. The van der Waals surface area contributed by atoms with Crippen LogP contribution < -0.4 is 10.6 Å². The van der Waals surface area contributed by atoms with Gasteiger partial charge >= 0.3 is 0 Å². The highest BCUT2D eigenvalue weighted by Gasteiger charge is 2.39. The van der Waals surface area contributed by atoms with Crippen molar-refractivity contribution >= 4 is 17.6 Å². The van der Waals surface area contributed by atoms with Crippen LogP contribution in [0.25, 0.3) is 0 Å². The zero-order valence-electron chi connectivity index (χ0n) is 15.3. The van der Waals surface area contributed by atoms with Crippen molar-refractivity contribution in [3.8, 4) is 12.3 Å². The lowest BCUT2D eigenvalue weighted by Crippen LogP contribution is -2.36. The number of amides is 2. The van der Waals surface area contributed by atoms with Crippen molar-refractivity contribution in [1.29, 1.82) is 0 Å². The Bertz CT molecular complexity index is 779. The molecule has 0 bridgehead atoms. The van der Waals surface area contributed by atoms with E-state index in [9.17, 15) is 9.59 Å². The molecule has 1 aromatic rings. The Morgan fingerprint density at radius 3 is 2.74 bits per heavy atom. The van der Waals surface area contributed by atoms with Gasteiger partial charge in [-0.15, -0.1) is 12.3 Å². The molecule has 8 nitrogen and oxygen atoms in total. The van der Waals surface area contributed by atoms with E-state index in [4.69, 9.17) is 12.2 Å². The summed E-state index contributed by atoms with van der Waals surface area (Å²) in [5.74, 6) is 2.79. The minimum atomic E-state index is -0.496. The summed E-state index contributed by atoms with van der Waals surface area (Å²) in [5, 5.41) is 8.17. The van der Waals surface area contributed by atoms with Crippen molar-refractivity contribution in [2.45, 2.75) is 37.8 Å². The third kappa shape index (κ3) is 4.61. The highest BCUT2D eigenvalue weighted by molar-refractivity contribution is 5.97. The number of carbonyl (C=O) groups is 2. The number of nitrogens with two attached hydrogens (primary N) is 1. The molecule has 0 aromatic carbocycles. The Balaban J connectivity index is 1.55. The molecule has 1 fully saturated rings. The highest BCUT2D eigenvalue weighted by atomic mass is 16.2. The average molecular weight is 368 g/mol. The van der Waals surface area contributed by atoms with Crippen LogP contribution in [0.5, 0.6) is 0 Å². The van der Waals surface area contributed by atoms with Gasteiger partial charge in [-0.2, -0.15) is 10.2 Å². The van der Waals surface area contributed by atoms with Crippen molar-refractivity contribution < 1.29 is 9.59 Å². The lowest BCUT2D eigenvalue weighted by atomic mass is 10.0. The Morgan fingerprint density at radius 2 is 2.04 bits per heavy atom. The number of anilines is 1. The van der Waals surface area contributed by atoms with E-state index in [0.29, 0.717) is 56.7 Å². The van der Waals surface area contributed by atoms with E-state index < -0.39 is 11.6 Å². The predicted molar refractivity (Wildman–Crippen MR) is 101 cm³/mol. The van der Waals surface area contributed by atoms with Gasteiger partial charge in [-0.25, -0.2) is 4.98 Å². The quantitative estimate of drug-likeness (QED) is 0.738. The van der Waals surface area contributed by atoms with Crippen LogP contribution in [0.15, 0.2) is 28.6 Å². The monoisotopic (exact) mass is 368 g/mol. The van der Waals surface area contributed by atoms with Crippen LogP contribution in [0.3, 0.4) is 0 Å². The van der Waals surface area contributed by atoms with Crippen molar-refractivity contribution in [1.82, 2.24) is 9.88 Å².